The number of hydrogen-bond donors (Lipinski definition) is 2. The van der Waals surface area contributed by atoms with Crippen LogP contribution in [0.2, 0.25) is 0 Å². The summed E-state index contributed by atoms with van der Waals surface area (Å²) >= 11 is 0. The van der Waals surface area contributed by atoms with Crippen molar-refractivity contribution in [3.05, 3.63) is 137 Å². The molecule has 1 aliphatic carbocycles. The van der Waals surface area contributed by atoms with Gasteiger partial charge in [0.2, 0.25) is 0 Å². The molecule has 0 spiro atoms. The molecule has 3 aliphatic rings. The Morgan fingerprint density at radius 3 is 1.64 bits per heavy atom. The van der Waals surface area contributed by atoms with Gasteiger partial charge in [0.1, 0.15) is 27.0 Å². The molecule has 0 saturated heterocycles. The summed E-state index contributed by atoms with van der Waals surface area (Å²) in [5, 5.41) is 6.03. The fourth-order valence-corrected chi connectivity index (χ4v) is 9.91. The van der Waals surface area contributed by atoms with Crippen molar-refractivity contribution >= 4 is 53.0 Å². The molecule has 288 valence electrons. The quantitative estimate of drug-likeness (QED) is 0.170. The molecule has 2 N–H and O–H groups in total. The average Bonchev–Trinajstić information content (AvgIpc) is 3.50. The summed E-state index contributed by atoms with van der Waals surface area (Å²) in [7, 11) is -3.56. The lowest BCUT2D eigenvalue weighted by molar-refractivity contribution is -0.122. The number of anilines is 2. The Hall–Kier alpha value is -5.44. The van der Waals surface area contributed by atoms with Gasteiger partial charge >= 0.3 is 0 Å². The molecule has 12 nitrogen and oxygen atoms in total. The SMILES string of the molecule is COCCN1C(=O)C(Nc2ccc(C3CCCCC3)cc2)=C(c2ccccc2)S1(=O)=O.COc1ccc(NC2=C(c3ccccc3)S(=O)(=O)N(C)C2=O)cc1. The van der Waals surface area contributed by atoms with Crippen LogP contribution in [0.15, 0.2) is 121 Å². The van der Waals surface area contributed by atoms with Crippen LogP contribution in [-0.4, -0.2) is 71.7 Å². The van der Waals surface area contributed by atoms with Crippen molar-refractivity contribution < 1.29 is 35.9 Å². The lowest BCUT2D eigenvalue weighted by atomic mass is 9.84. The molecule has 0 radical (unpaired) electrons. The summed E-state index contributed by atoms with van der Waals surface area (Å²) in [4.78, 5) is 25.5. The molecule has 2 aliphatic heterocycles. The monoisotopic (exact) mass is 784 g/mol. The third-order valence-corrected chi connectivity index (χ3v) is 13.5. The smallest absolute Gasteiger partial charge is 0.285 e. The molecule has 2 amide bonds. The van der Waals surface area contributed by atoms with E-state index in [1.165, 1.54) is 51.8 Å². The molecular formula is C41H44N4O8S2. The van der Waals surface area contributed by atoms with E-state index in [1.54, 1.807) is 86.0 Å². The van der Waals surface area contributed by atoms with Crippen LogP contribution in [0.4, 0.5) is 11.4 Å². The van der Waals surface area contributed by atoms with Crippen LogP contribution in [-0.2, 0) is 34.4 Å². The maximum atomic E-state index is 13.2. The van der Waals surface area contributed by atoms with Crippen molar-refractivity contribution in [2.45, 2.75) is 38.0 Å². The zero-order valence-electron chi connectivity index (χ0n) is 30.9. The van der Waals surface area contributed by atoms with Crippen LogP contribution < -0.4 is 15.4 Å². The third-order valence-electron chi connectivity index (χ3n) is 9.75. The second-order valence-electron chi connectivity index (χ2n) is 13.2. The van der Waals surface area contributed by atoms with Crippen LogP contribution in [0, 0.1) is 0 Å². The Bertz CT molecular complexity index is 2290. The van der Waals surface area contributed by atoms with Gasteiger partial charge in [-0.3, -0.25) is 9.59 Å². The highest BCUT2D eigenvalue weighted by atomic mass is 32.2. The van der Waals surface area contributed by atoms with Crippen LogP contribution in [0.5, 0.6) is 5.75 Å². The second kappa shape index (κ2) is 16.9. The molecule has 0 unspecified atom stereocenters. The number of carbonyl (C=O) groups excluding carboxylic acids is 2. The zero-order valence-corrected chi connectivity index (χ0v) is 32.5. The van der Waals surface area contributed by atoms with Gasteiger partial charge in [-0.05, 0) is 71.8 Å². The predicted molar refractivity (Wildman–Crippen MR) is 213 cm³/mol. The van der Waals surface area contributed by atoms with Gasteiger partial charge < -0.3 is 20.1 Å². The molecular weight excluding hydrogens is 741 g/mol. The molecule has 14 heteroatoms. The van der Waals surface area contributed by atoms with Gasteiger partial charge in [0.25, 0.3) is 31.9 Å². The number of likely N-dealkylation sites (N-methyl/N-ethyl adjacent to an activating group) is 1. The van der Waals surface area contributed by atoms with E-state index in [0.29, 0.717) is 34.2 Å². The average molecular weight is 785 g/mol. The highest BCUT2D eigenvalue weighted by Gasteiger charge is 2.45. The Labute approximate surface area is 322 Å². The first-order valence-corrected chi connectivity index (χ1v) is 20.8. The molecule has 0 atom stereocenters. The second-order valence-corrected chi connectivity index (χ2v) is 16.9. The van der Waals surface area contributed by atoms with E-state index < -0.39 is 31.9 Å². The number of benzene rings is 4. The normalized spacial score (nSPS) is 17.9. The fourth-order valence-electron chi connectivity index (χ4n) is 6.82. The van der Waals surface area contributed by atoms with Crippen molar-refractivity contribution in [2.75, 3.05) is 45.1 Å². The highest BCUT2D eigenvalue weighted by Crippen LogP contribution is 2.38. The number of amides is 2. The van der Waals surface area contributed by atoms with Gasteiger partial charge in [-0.1, -0.05) is 92.1 Å². The van der Waals surface area contributed by atoms with Gasteiger partial charge in [0, 0.05) is 25.5 Å². The molecule has 55 heavy (non-hydrogen) atoms. The maximum Gasteiger partial charge on any atom is 0.285 e. The zero-order chi connectivity index (χ0) is 39.2. The van der Waals surface area contributed by atoms with Crippen molar-refractivity contribution in [3.8, 4) is 5.75 Å². The fraction of sp³-hybridized carbons (Fsp3) is 0.268. The molecule has 0 aromatic heterocycles. The number of nitrogens with zero attached hydrogens (tertiary/aromatic N) is 2. The summed E-state index contributed by atoms with van der Waals surface area (Å²) in [6, 6.07) is 32.2. The van der Waals surface area contributed by atoms with E-state index in [9.17, 15) is 26.4 Å². The van der Waals surface area contributed by atoms with E-state index in [-0.39, 0.29) is 34.4 Å². The molecule has 1 saturated carbocycles. The molecule has 4 aromatic rings. The lowest BCUT2D eigenvalue weighted by Crippen LogP contribution is -2.35. The van der Waals surface area contributed by atoms with Crippen LogP contribution in [0.25, 0.3) is 9.81 Å². The maximum absolute atomic E-state index is 13.2. The van der Waals surface area contributed by atoms with E-state index in [0.717, 1.165) is 8.61 Å². The van der Waals surface area contributed by atoms with Crippen LogP contribution >= 0.6 is 0 Å². The predicted octanol–water partition coefficient (Wildman–Crippen LogP) is 6.61. The number of sulfonamides is 2. The van der Waals surface area contributed by atoms with Crippen molar-refractivity contribution in [1.29, 1.82) is 0 Å². The van der Waals surface area contributed by atoms with E-state index >= 15 is 0 Å². The Morgan fingerprint density at radius 2 is 1.13 bits per heavy atom. The highest BCUT2D eigenvalue weighted by molar-refractivity contribution is 8.00. The number of methoxy groups -OCH3 is 2. The van der Waals surface area contributed by atoms with Crippen molar-refractivity contribution in [2.24, 2.45) is 0 Å². The van der Waals surface area contributed by atoms with Gasteiger partial charge in [-0.15, -0.1) is 0 Å². The minimum Gasteiger partial charge on any atom is -0.497 e. The van der Waals surface area contributed by atoms with E-state index in [4.69, 9.17) is 9.47 Å². The molecule has 2 heterocycles. The number of nitrogens with one attached hydrogen (secondary N) is 2. The van der Waals surface area contributed by atoms with E-state index in [2.05, 4.69) is 22.8 Å². The van der Waals surface area contributed by atoms with Gasteiger partial charge in [-0.2, -0.15) is 0 Å². The molecule has 1 fully saturated rings. The number of rotatable bonds is 11. The minimum absolute atomic E-state index is 0.00515. The van der Waals surface area contributed by atoms with Gasteiger partial charge in [0.15, 0.2) is 0 Å². The van der Waals surface area contributed by atoms with Gasteiger partial charge in [-0.25, -0.2) is 25.4 Å². The molecule has 0 bridgehead atoms. The topological polar surface area (TPSA) is 151 Å². The molecule has 7 rings (SSSR count). The Morgan fingerprint density at radius 1 is 0.636 bits per heavy atom. The number of hydrogen-bond acceptors (Lipinski definition) is 10. The van der Waals surface area contributed by atoms with Crippen LogP contribution in [0.3, 0.4) is 0 Å². The van der Waals surface area contributed by atoms with Crippen LogP contribution in [0.1, 0.15) is 54.7 Å². The Kier molecular flexibility index (Phi) is 12.1. The number of carbonyl (C=O) groups is 2. The standard InChI is InChI=1S/C24H28N2O4S.C17H16N2O4S/c1-30-17-16-26-24(27)22(23(31(26,28)29)20-10-6-3-7-11-20)25-21-14-12-19(13-15-21)18-8-4-2-5-9-18;1-19-17(20)15(18-13-8-10-14(23-2)11-9-13)16(24(19,21)22)12-6-4-3-5-7-12/h3,6-7,10-15,18,25H,2,4-5,8-9,16-17H2,1H3;3-11,18H,1-2H3. The summed E-state index contributed by atoms with van der Waals surface area (Å²) in [5.41, 5.74) is 3.65. The Balaban J connectivity index is 0.000000193. The summed E-state index contributed by atoms with van der Waals surface area (Å²) in [6.07, 6.45) is 6.26. The molecule has 4 aromatic carbocycles. The summed E-state index contributed by atoms with van der Waals surface area (Å²) in [6.45, 7) is 0.107. The van der Waals surface area contributed by atoms with E-state index in [1.807, 2.05) is 18.2 Å². The number of ether oxygens (including phenoxy) is 2. The first-order valence-electron chi connectivity index (χ1n) is 17.9. The summed E-state index contributed by atoms with van der Waals surface area (Å²) in [5.74, 6) is 0.0946. The third kappa shape index (κ3) is 8.31. The first-order chi connectivity index (χ1) is 26.5. The largest absolute Gasteiger partial charge is 0.497 e. The van der Waals surface area contributed by atoms with Crippen molar-refractivity contribution in [1.82, 2.24) is 8.61 Å². The van der Waals surface area contributed by atoms with Gasteiger partial charge in [0.05, 0.1) is 20.3 Å². The van der Waals surface area contributed by atoms with Crippen molar-refractivity contribution in [3.63, 3.8) is 0 Å². The lowest BCUT2D eigenvalue weighted by Gasteiger charge is -2.22. The summed E-state index contributed by atoms with van der Waals surface area (Å²) < 4.78 is 63.4. The first kappa shape index (κ1) is 39.3. The minimum atomic E-state index is -3.98.